The molecule has 250 valence electrons. The van der Waals surface area contributed by atoms with E-state index in [0.717, 1.165) is 17.3 Å². The van der Waals surface area contributed by atoms with Crippen LogP contribution in [0.3, 0.4) is 0 Å². The van der Waals surface area contributed by atoms with Crippen molar-refractivity contribution in [1.82, 2.24) is 15.3 Å². The van der Waals surface area contributed by atoms with Gasteiger partial charge in [-0.15, -0.1) is 0 Å². The molecule has 0 radical (unpaired) electrons. The lowest BCUT2D eigenvalue weighted by molar-refractivity contribution is -0.118. The number of carbonyl (C=O) groups is 4. The maximum atomic E-state index is 13.1. The van der Waals surface area contributed by atoms with Gasteiger partial charge in [0.15, 0.2) is 0 Å². The van der Waals surface area contributed by atoms with Crippen LogP contribution in [0.4, 0.5) is 4.79 Å². The molecule has 49 heavy (non-hydrogen) atoms. The number of esters is 1. The van der Waals surface area contributed by atoms with Gasteiger partial charge in [0.1, 0.15) is 29.5 Å². The molecule has 0 spiro atoms. The highest BCUT2D eigenvalue weighted by molar-refractivity contribution is 8.15. The van der Waals surface area contributed by atoms with Gasteiger partial charge in [-0.05, 0) is 87.2 Å². The van der Waals surface area contributed by atoms with Crippen molar-refractivity contribution in [3.63, 3.8) is 0 Å². The number of pyridine rings is 2. The van der Waals surface area contributed by atoms with Gasteiger partial charge in [0, 0.05) is 42.3 Å². The molecule has 4 aromatic rings. The van der Waals surface area contributed by atoms with Gasteiger partial charge < -0.3 is 19.0 Å². The zero-order valence-electron chi connectivity index (χ0n) is 27.1. The van der Waals surface area contributed by atoms with Crippen LogP contribution in [0.15, 0.2) is 78.5 Å². The van der Waals surface area contributed by atoms with Crippen molar-refractivity contribution in [2.45, 2.75) is 51.4 Å². The molecule has 0 aliphatic carbocycles. The summed E-state index contributed by atoms with van der Waals surface area (Å²) >= 11 is 0.986. The number of hydrogen-bond acceptors (Lipinski definition) is 12. The minimum atomic E-state index is -0.957. The average molecular weight is 681 g/mol. The van der Waals surface area contributed by atoms with Crippen LogP contribution in [0.2, 0.25) is 0 Å². The molecule has 6 rings (SSSR count). The van der Waals surface area contributed by atoms with Gasteiger partial charge in [0.25, 0.3) is 5.24 Å². The predicted molar refractivity (Wildman–Crippen MR) is 180 cm³/mol. The Balaban J connectivity index is 1.28. The zero-order chi connectivity index (χ0) is 34.7. The fourth-order valence-corrected chi connectivity index (χ4v) is 6.43. The van der Waals surface area contributed by atoms with Gasteiger partial charge in [-0.2, -0.15) is 0 Å². The van der Waals surface area contributed by atoms with E-state index >= 15 is 0 Å². The highest BCUT2D eigenvalue weighted by atomic mass is 32.2. The van der Waals surface area contributed by atoms with E-state index in [1.807, 2.05) is 32.9 Å². The van der Waals surface area contributed by atoms with Crippen molar-refractivity contribution in [2.75, 3.05) is 6.61 Å². The Kier molecular flexibility index (Phi) is 9.45. The number of oxime groups is 1. The van der Waals surface area contributed by atoms with Crippen LogP contribution in [0.5, 0.6) is 17.2 Å². The number of benzene rings is 2. The first-order valence-corrected chi connectivity index (χ1v) is 16.3. The van der Waals surface area contributed by atoms with Gasteiger partial charge >= 0.3 is 11.9 Å². The highest BCUT2D eigenvalue weighted by Crippen LogP contribution is 2.44. The maximum absolute atomic E-state index is 13.1. The number of rotatable bonds is 9. The third kappa shape index (κ3) is 7.31. The van der Waals surface area contributed by atoms with E-state index in [1.54, 1.807) is 55.7 Å². The normalized spacial score (nSPS) is 19.1. The number of fused-ring (bicyclic) bond motifs is 1. The number of ether oxygens (including phenoxy) is 3. The Morgan fingerprint density at radius 1 is 0.959 bits per heavy atom. The summed E-state index contributed by atoms with van der Waals surface area (Å²) in [6.45, 7) is 7.46. The van der Waals surface area contributed by atoms with Gasteiger partial charge in [-0.25, -0.2) is 9.59 Å². The highest BCUT2D eigenvalue weighted by Gasteiger charge is 2.40. The smallest absolute Gasteiger partial charge is 0.367 e. The number of aromatic nitrogens is 2. The molecule has 0 saturated carbocycles. The summed E-state index contributed by atoms with van der Waals surface area (Å²) in [6, 6.07) is 13.8. The second-order valence-corrected chi connectivity index (χ2v) is 13.1. The third-order valence-corrected chi connectivity index (χ3v) is 9.23. The molecule has 2 aliphatic rings. The van der Waals surface area contributed by atoms with E-state index in [1.165, 1.54) is 12.4 Å². The van der Waals surface area contributed by atoms with E-state index in [2.05, 4.69) is 20.4 Å². The number of hydrogen-bond donors (Lipinski definition) is 1. The third-order valence-electron chi connectivity index (χ3n) is 8.25. The van der Waals surface area contributed by atoms with E-state index < -0.39 is 22.8 Å². The second-order valence-electron chi connectivity index (χ2n) is 11.9. The van der Waals surface area contributed by atoms with Crippen LogP contribution in [0, 0.1) is 20.8 Å². The second kappa shape index (κ2) is 13.9. The lowest BCUT2D eigenvalue weighted by Crippen LogP contribution is -2.45. The predicted octanol–water partition coefficient (Wildman–Crippen LogP) is 5.70. The molecular formula is C36H32N4O8S. The molecule has 2 aromatic heterocycles. The maximum Gasteiger partial charge on any atom is 0.367 e. The van der Waals surface area contributed by atoms with Crippen LogP contribution < -0.4 is 19.5 Å². The summed E-state index contributed by atoms with van der Waals surface area (Å²) in [5.41, 5.74) is 3.39. The summed E-state index contributed by atoms with van der Waals surface area (Å²) in [6.07, 6.45) is 6.53. The van der Waals surface area contributed by atoms with Crippen LogP contribution in [0.1, 0.15) is 61.9 Å². The van der Waals surface area contributed by atoms with E-state index in [9.17, 15) is 19.2 Å². The van der Waals surface area contributed by atoms with Crippen molar-refractivity contribution in [3.8, 4) is 17.2 Å². The molecule has 2 amide bonds. The summed E-state index contributed by atoms with van der Waals surface area (Å²) in [5, 5.41) is 5.83. The van der Waals surface area contributed by atoms with Crippen LogP contribution in [-0.2, 0) is 16.1 Å². The minimum Gasteiger partial charge on any atom is -0.489 e. The number of carbonyl (C=O) groups excluding carboxylic acids is 4. The summed E-state index contributed by atoms with van der Waals surface area (Å²) in [5.74, 6) is -0.128. The SMILES string of the molecule is Cc1c(C)c2c(c(C)c1OC(=O)c1cccnc1)C(=NOC(=O)c1cccnc1)CC(C)(COc1ccc(CC3SC(=O)NC3=O)cc1)O2. The van der Waals surface area contributed by atoms with Crippen molar-refractivity contribution < 1.29 is 38.2 Å². The van der Waals surface area contributed by atoms with Crippen LogP contribution in [-0.4, -0.2) is 56.2 Å². The van der Waals surface area contributed by atoms with Crippen molar-refractivity contribution in [3.05, 3.63) is 112 Å². The Morgan fingerprint density at radius 2 is 1.63 bits per heavy atom. The number of imide groups is 1. The number of amides is 2. The largest absolute Gasteiger partial charge is 0.489 e. The Morgan fingerprint density at radius 3 is 2.24 bits per heavy atom. The molecule has 2 aromatic carbocycles. The summed E-state index contributed by atoms with van der Waals surface area (Å²) in [4.78, 5) is 62.9. The van der Waals surface area contributed by atoms with Crippen LogP contribution in [0.25, 0.3) is 0 Å². The molecule has 2 atom stereocenters. The molecular weight excluding hydrogens is 648 g/mol. The van der Waals surface area contributed by atoms with Gasteiger partial charge in [-0.1, -0.05) is 29.1 Å². The van der Waals surface area contributed by atoms with E-state index in [0.29, 0.717) is 57.2 Å². The van der Waals surface area contributed by atoms with Crippen LogP contribution >= 0.6 is 11.8 Å². The first kappa shape index (κ1) is 33.3. The Bertz CT molecular complexity index is 1970. The standard InChI is InChI=1S/C36H32N4O8S/c1-20-21(2)31-29(22(3)30(20)46-33(42)24-7-5-13-37-17-24)27(40-48-34(43)25-8-6-14-38-18-25)16-36(4,47-31)19-45-26-11-9-23(10-12-26)15-28-32(41)39-35(44)49-28/h5-14,17-18,28H,15-16,19H2,1-4H3,(H,39,41,44). The zero-order valence-corrected chi connectivity index (χ0v) is 28.0. The Labute approximate surface area is 286 Å². The van der Waals surface area contributed by atoms with Crippen molar-refractivity contribution >= 4 is 40.6 Å². The molecule has 1 N–H and O–H groups in total. The number of nitrogens with zero attached hydrogens (tertiary/aromatic N) is 3. The molecule has 2 unspecified atom stereocenters. The quantitative estimate of drug-likeness (QED) is 0.100. The van der Waals surface area contributed by atoms with Crippen molar-refractivity contribution in [1.29, 1.82) is 0 Å². The lowest BCUT2D eigenvalue weighted by Gasteiger charge is -2.38. The van der Waals surface area contributed by atoms with Gasteiger partial charge in [0.05, 0.1) is 22.1 Å². The number of nitrogens with one attached hydrogen (secondary N) is 1. The molecule has 1 saturated heterocycles. The monoisotopic (exact) mass is 680 g/mol. The fourth-order valence-electron chi connectivity index (χ4n) is 5.57. The van der Waals surface area contributed by atoms with Gasteiger partial charge in [0.2, 0.25) is 5.91 Å². The molecule has 1 fully saturated rings. The molecule has 2 aliphatic heterocycles. The average Bonchev–Trinajstić information content (AvgIpc) is 3.43. The Hall–Kier alpha value is -5.56. The lowest BCUT2D eigenvalue weighted by atomic mass is 9.86. The molecule has 12 nitrogen and oxygen atoms in total. The summed E-state index contributed by atoms with van der Waals surface area (Å²) < 4.78 is 18.7. The van der Waals surface area contributed by atoms with E-state index in [-0.39, 0.29) is 29.7 Å². The minimum absolute atomic E-state index is 0.103. The molecule has 4 heterocycles. The molecule has 0 bridgehead atoms. The topological polar surface area (TPSA) is 155 Å². The van der Waals surface area contributed by atoms with Crippen molar-refractivity contribution in [2.24, 2.45) is 5.16 Å². The van der Waals surface area contributed by atoms with Gasteiger partial charge in [-0.3, -0.25) is 24.9 Å². The number of thioether (sulfide) groups is 1. The summed E-state index contributed by atoms with van der Waals surface area (Å²) in [7, 11) is 0. The first-order valence-electron chi connectivity index (χ1n) is 15.4. The molecule has 13 heteroatoms. The van der Waals surface area contributed by atoms with E-state index in [4.69, 9.17) is 19.0 Å². The first-order chi connectivity index (χ1) is 23.5. The fraction of sp³-hybridized carbons (Fsp3) is 0.250.